The van der Waals surface area contributed by atoms with Gasteiger partial charge in [0.15, 0.2) is 23.3 Å². The van der Waals surface area contributed by atoms with Crippen LogP contribution in [-0.2, 0) is 25.6 Å². The van der Waals surface area contributed by atoms with Gasteiger partial charge in [0.05, 0.1) is 36.0 Å². The van der Waals surface area contributed by atoms with E-state index in [0.717, 1.165) is 31.2 Å². The quantitative estimate of drug-likeness (QED) is 0.0419. The van der Waals surface area contributed by atoms with Gasteiger partial charge in [0, 0.05) is 43.4 Å². The van der Waals surface area contributed by atoms with Gasteiger partial charge in [-0.2, -0.15) is 9.97 Å². The highest BCUT2D eigenvalue weighted by Crippen LogP contribution is 2.36. The molecule has 77 heavy (non-hydrogen) atoms. The summed E-state index contributed by atoms with van der Waals surface area (Å²) in [6.45, 7) is 12.0. The highest BCUT2D eigenvalue weighted by molar-refractivity contribution is 5.91. The van der Waals surface area contributed by atoms with E-state index in [-0.39, 0.29) is 90.3 Å². The molecule has 408 valence electrons. The minimum atomic E-state index is -1.26. The van der Waals surface area contributed by atoms with Crippen molar-refractivity contribution in [2.45, 2.75) is 154 Å². The molecule has 0 spiro atoms. The standard InChI is InChI=1S/C54H65F3N14O6/c1-7-34-12-9-10-23-70(34)43(72)25-40(63-54-67-48(28(3)4)69-77-54)51(74)59-30(6)50-61-39-22-21-36(45(57)47(39)66-50)32-17-20-35(8-2)71(27-32)44(73)26-41(62-53-64-42(68-76-53)24-31-15-18-33(55)19-16-31)52(75)58-29(5)49-60-38-14-11-13-37(56)46(38)65-49/h11,13-16,18-19,21-22,28-30,32,34-35,40-41H,7-10,12,17,20,23-27H2,1-6H3,(H,58,75)(H,59,74)(H,60,65)(H,61,66)(H,62,64,68)(H,63,67,69)/t29-,30-,32?,34-,35-,40-,41-/m0/s1. The highest BCUT2D eigenvalue weighted by Gasteiger charge is 2.37. The molecule has 0 radical (unpaired) electrons. The van der Waals surface area contributed by atoms with Gasteiger partial charge in [0.1, 0.15) is 40.6 Å². The first-order valence-corrected chi connectivity index (χ1v) is 26.5. The number of nitrogens with one attached hydrogen (secondary N) is 6. The fraction of sp³-hybridized carbons (Fsp3) is 0.481. The van der Waals surface area contributed by atoms with E-state index in [1.54, 1.807) is 55.1 Å². The molecule has 4 amide bonds. The molecule has 2 fully saturated rings. The molecule has 4 aromatic heterocycles. The molecular formula is C54H65F3N14O6. The first-order valence-electron chi connectivity index (χ1n) is 26.5. The van der Waals surface area contributed by atoms with E-state index in [1.165, 1.54) is 18.2 Å². The second-order valence-electron chi connectivity index (χ2n) is 20.5. The SMILES string of the molecule is CC[C@H]1CCCCN1C(=O)C[C@H](Nc1nc(C(C)C)no1)C(=O)N[C@@H](C)c1nc2c(F)c(C3CC[C@H](CC)N(C(=O)C[C@H](Nc4nc(Cc5ccc(F)cc5)no4)C(=O)N[C@@H](C)c4nc5c(F)cccc5[nH]4)C3)ccc2[nH]1. The van der Waals surface area contributed by atoms with Crippen LogP contribution in [0.2, 0.25) is 0 Å². The Morgan fingerprint density at radius 1 is 0.688 bits per heavy atom. The second kappa shape index (κ2) is 23.6. The van der Waals surface area contributed by atoms with E-state index < -0.39 is 59.4 Å². The lowest BCUT2D eigenvalue weighted by molar-refractivity contribution is -0.138. The number of H-pyrrole nitrogens is 2. The van der Waals surface area contributed by atoms with Crippen molar-refractivity contribution in [3.05, 3.63) is 106 Å². The Labute approximate surface area is 442 Å². The van der Waals surface area contributed by atoms with E-state index >= 15 is 4.39 Å². The lowest BCUT2D eigenvalue weighted by Crippen LogP contribution is -2.50. The summed E-state index contributed by atoms with van der Waals surface area (Å²) < 4.78 is 56.0. The fourth-order valence-electron chi connectivity index (χ4n) is 10.3. The maximum absolute atomic E-state index is 16.9. The topological polar surface area (TPSA) is 258 Å². The number of anilines is 2. The normalized spacial score (nSPS) is 18.5. The molecular weight excluding hydrogens is 998 g/mol. The monoisotopic (exact) mass is 1060 g/mol. The Hall–Kier alpha value is -7.85. The van der Waals surface area contributed by atoms with E-state index in [0.29, 0.717) is 54.1 Å². The number of aromatic nitrogens is 8. The molecule has 2 aliphatic heterocycles. The zero-order valence-electron chi connectivity index (χ0n) is 44.0. The van der Waals surface area contributed by atoms with E-state index in [4.69, 9.17) is 9.05 Å². The number of amides is 4. The average Bonchev–Trinajstić information content (AvgIpc) is 4.28. The predicted octanol–water partition coefficient (Wildman–Crippen LogP) is 8.41. The fourth-order valence-corrected chi connectivity index (χ4v) is 10.3. The second-order valence-corrected chi connectivity index (χ2v) is 20.5. The van der Waals surface area contributed by atoms with Crippen LogP contribution in [0.1, 0.15) is 158 Å². The number of fused-ring (bicyclic) bond motifs is 2. The van der Waals surface area contributed by atoms with Crippen LogP contribution in [0.5, 0.6) is 0 Å². The number of imidazole rings is 2. The van der Waals surface area contributed by atoms with Crippen LogP contribution in [0.15, 0.2) is 63.6 Å². The van der Waals surface area contributed by atoms with Crippen LogP contribution in [0, 0.1) is 17.5 Å². The summed E-state index contributed by atoms with van der Waals surface area (Å²) in [4.78, 5) is 84.2. The third-order valence-corrected chi connectivity index (χ3v) is 14.7. The molecule has 1 unspecified atom stereocenters. The zero-order chi connectivity index (χ0) is 54.5. The van der Waals surface area contributed by atoms with Gasteiger partial charge in [-0.1, -0.05) is 62.3 Å². The number of rotatable bonds is 20. The van der Waals surface area contributed by atoms with Crippen molar-refractivity contribution < 1.29 is 41.4 Å². The predicted molar refractivity (Wildman–Crippen MR) is 279 cm³/mol. The summed E-state index contributed by atoms with van der Waals surface area (Å²) in [6, 6.07) is 9.63. The van der Waals surface area contributed by atoms with Gasteiger partial charge < -0.3 is 50.1 Å². The van der Waals surface area contributed by atoms with Crippen LogP contribution in [0.25, 0.3) is 22.1 Å². The summed E-state index contributed by atoms with van der Waals surface area (Å²) >= 11 is 0. The lowest BCUT2D eigenvalue weighted by Gasteiger charge is -2.40. The van der Waals surface area contributed by atoms with Gasteiger partial charge in [0.2, 0.25) is 23.6 Å². The Balaban J connectivity index is 0.906. The molecule has 9 rings (SSSR count). The van der Waals surface area contributed by atoms with Crippen LogP contribution < -0.4 is 21.3 Å². The number of likely N-dealkylation sites (tertiary alicyclic amines) is 2. The van der Waals surface area contributed by atoms with Gasteiger partial charge in [-0.3, -0.25) is 19.2 Å². The highest BCUT2D eigenvalue weighted by atomic mass is 19.1. The summed E-state index contributed by atoms with van der Waals surface area (Å²) in [5.41, 5.74) is 2.09. The molecule has 6 N–H and O–H groups in total. The maximum Gasteiger partial charge on any atom is 0.322 e. The van der Waals surface area contributed by atoms with E-state index in [2.05, 4.69) is 61.5 Å². The molecule has 7 atom stereocenters. The number of piperidine rings is 2. The van der Waals surface area contributed by atoms with E-state index in [1.807, 2.05) is 32.6 Å². The van der Waals surface area contributed by atoms with Gasteiger partial charge in [-0.15, -0.1) is 0 Å². The zero-order valence-corrected chi connectivity index (χ0v) is 44.0. The number of hydrogen-bond acceptors (Lipinski definition) is 14. The summed E-state index contributed by atoms with van der Waals surface area (Å²) in [5, 5.41) is 19.8. The van der Waals surface area contributed by atoms with E-state index in [9.17, 15) is 28.0 Å². The molecule has 7 aromatic rings. The number of carbonyl (C=O) groups excluding carboxylic acids is 4. The van der Waals surface area contributed by atoms with Gasteiger partial charge in [-0.25, -0.2) is 23.1 Å². The van der Waals surface area contributed by atoms with Crippen molar-refractivity contribution in [3.63, 3.8) is 0 Å². The third-order valence-electron chi connectivity index (χ3n) is 14.7. The molecule has 0 saturated carbocycles. The molecule has 3 aromatic carbocycles. The molecule has 2 aliphatic rings. The van der Waals surface area contributed by atoms with Crippen molar-refractivity contribution in [3.8, 4) is 0 Å². The summed E-state index contributed by atoms with van der Waals surface area (Å²) in [5.74, 6) is -2.40. The molecule has 2 saturated heterocycles. The molecule has 23 heteroatoms. The maximum atomic E-state index is 16.9. The minimum absolute atomic E-state index is 0.0102. The van der Waals surface area contributed by atoms with Crippen molar-refractivity contribution in [1.29, 1.82) is 0 Å². The van der Waals surface area contributed by atoms with Crippen LogP contribution in [0.3, 0.4) is 0 Å². The number of benzene rings is 3. The average molecular weight is 1060 g/mol. The van der Waals surface area contributed by atoms with Crippen molar-refractivity contribution in [1.82, 2.24) is 60.7 Å². The number of hydrogen-bond donors (Lipinski definition) is 6. The Bertz CT molecular complexity index is 3210. The smallest absolute Gasteiger partial charge is 0.322 e. The molecule has 0 aliphatic carbocycles. The third kappa shape index (κ3) is 12.4. The summed E-state index contributed by atoms with van der Waals surface area (Å²) in [6.07, 6.45) is 5.01. The first-order chi connectivity index (χ1) is 37.0. The van der Waals surface area contributed by atoms with Gasteiger partial charge in [-0.05, 0) is 100 Å². The largest absolute Gasteiger partial charge is 0.345 e. The number of halogens is 3. The van der Waals surface area contributed by atoms with Crippen molar-refractivity contribution in [2.75, 3.05) is 23.7 Å². The van der Waals surface area contributed by atoms with Crippen molar-refractivity contribution in [2.24, 2.45) is 0 Å². The minimum Gasteiger partial charge on any atom is -0.345 e. The Morgan fingerprint density at radius 2 is 1.30 bits per heavy atom. The first kappa shape index (κ1) is 54.0. The van der Waals surface area contributed by atoms with Crippen LogP contribution >= 0.6 is 0 Å². The van der Waals surface area contributed by atoms with Gasteiger partial charge in [0.25, 0.3) is 0 Å². The number of aromatic amines is 2. The van der Waals surface area contributed by atoms with Crippen molar-refractivity contribution >= 4 is 57.7 Å². The van der Waals surface area contributed by atoms with Crippen LogP contribution in [-0.4, -0.2) is 111 Å². The summed E-state index contributed by atoms with van der Waals surface area (Å²) in [7, 11) is 0. The Kier molecular flexibility index (Phi) is 16.5. The number of para-hydroxylation sites is 1. The van der Waals surface area contributed by atoms with Crippen LogP contribution in [0.4, 0.5) is 25.2 Å². The lowest BCUT2D eigenvalue weighted by atomic mass is 9.85. The molecule has 6 heterocycles. The number of carbonyl (C=O) groups is 4. The van der Waals surface area contributed by atoms with Gasteiger partial charge >= 0.3 is 12.0 Å². The molecule has 0 bridgehead atoms. The number of nitrogens with zero attached hydrogens (tertiary/aromatic N) is 8. The molecule has 20 nitrogen and oxygen atoms in total. The Morgan fingerprint density at radius 3 is 1.94 bits per heavy atom.